The lowest BCUT2D eigenvalue weighted by Crippen LogP contribution is -2.30. The van der Waals surface area contributed by atoms with E-state index >= 15 is 0 Å². The number of nitrogens with two attached hydrogens (primary N) is 1. The summed E-state index contributed by atoms with van der Waals surface area (Å²) < 4.78 is 4.94. The maximum absolute atomic E-state index is 11.6. The van der Waals surface area contributed by atoms with E-state index in [1.807, 2.05) is 0 Å². The predicted molar refractivity (Wildman–Crippen MR) is 59.2 cm³/mol. The first-order chi connectivity index (χ1) is 7.06. The fraction of sp³-hybridized carbons (Fsp3) is 0.200. The van der Waals surface area contributed by atoms with Crippen LogP contribution in [-0.2, 0) is 4.79 Å². The normalized spacial score (nSPS) is 11.9. The van der Waals surface area contributed by atoms with Crippen molar-refractivity contribution in [1.82, 2.24) is 0 Å². The van der Waals surface area contributed by atoms with Gasteiger partial charge in [-0.25, -0.2) is 0 Å². The van der Waals surface area contributed by atoms with E-state index < -0.39 is 10.7 Å². The van der Waals surface area contributed by atoms with Gasteiger partial charge in [-0.05, 0) is 24.3 Å². The van der Waals surface area contributed by atoms with E-state index in [1.54, 1.807) is 24.3 Å². The topological polar surface area (TPSA) is 69.4 Å². The number of alkyl halides is 1. The van der Waals surface area contributed by atoms with Gasteiger partial charge in [-0.2, -0.15) is 0 Å². The molecule has 0 saturated heterocycles. The van der Waals surface area contributed by atoms with Crippen LogP contribution in [0.4, 0.5) is 0 Å². The SMILES string of the molecule is COc1ccc(C(=O)[C@@H](Br)C(N)=O)cc1. The van der Waals surface area contributed by atoms with E-state index in [-0.39, 0.29) is 5.78 Å². The zero-order chi connectivity index (χ0) is 11.4. The van der Waals surface area contributed by atoms with Gasteiger partial charge in [-0.15, -0.1) is 0 Å². The van der Waals surface area contributed by atoms with Gasteiger partial charge in [0.1, 0.15) is 5.75 Å². The third-order valence-electron chi connectivity index (χ3n) is 1.85. The van der Waals surface area contributed by atoms with E-state index in [0.717, 1.165) is 0 Å². The van der Waals surface area contributed by atoms with Crippen LogP contribution in [0.15, 0.2) is 24.3 Å². The second-order valence-corrected chi connectivity index (χ2v) is 3.77. The molecule has 80 valence electrons. The monoisotopic (exact) mass is 271 g/mol. The summed E-state index contributed by atoms with van der Waals surface area (Å²) >= 11 is 2.92. The molecule has 15 heavy (non-hydrogen) atoms. The summed E-state index contributed by atoms with van der Waals surface area (Å²) in [7, 11) is 1.54. The van der Waals surface area contributed by atoms with Gasteiger partial charge in [-0.3, -0.25) is 9.59 Å². The van der Waals surface area contributed by atoms with Crippen molar-refractivity contribution in [3.8, 4) is 5.75 Å². The number of Topliss-reactive ketones (excluding diaryl/α,β-unsaturated/α-hetero) is 1. The minimum Gasteiger partial charge on any atom is -0.497 e. The van der Waals surface area contributed by atoms with Crippen molar-refractivity contribution >= 4 is 27.6 Å². The van der Waals surface area contributed by atoms with Crippen LogP contribution in [-0.4, -0.2) is 23.6 Å². The Labute approximate surface area is 95.5 Å². The molecule has 1 aromatic carbocycles. The molecule has 0 aliphatic carbocycles. The van der Waals surface area contributed by atoms with Crippen LogP contribution in [0.1, 0.15) is 10.4 Å². The number of ketones is 1. The number of rotatable bonds is 4. The lowest BCUT2D eigenvalue weighted by molar-refractivity contribution is -0.116. The maximum atomic E-state index is 11.6. The Kier molecular flexibility index (Phi) is 3.85. The van der Waals surface area contributed by atoms with Crippen LogP contribution in [0.5, 0.6) is 5.75 Å². The van der Waals surface area contributed by atoms with E-state index in [1.165, 1.54) is 7.11 Å². The fourth-order valence-electron chi connectivity index (χ4n) is 1.03. The van der Waals surface area contributed by atoms with Crippen molar-refractivity contribution in [2.24, 2.45) is 5.73 Å². The van der Waals surface area contributed by atoms with Gasteiger partial charge in [0, 0.05) is 5.56 Å². The number of halogens is 1. The number of amides is 1. The highest BCUT2D eigenvalue weighted by molar-refractivity contribution is 9.10. The van der Waals surface area contributed by atoms with E-state index in [4.69, 9.17) is 10.5 Å². The molecule has 0 spiro atoms. The van der Waals surface area contributed by atoms with Crippen LogP contribution in [0.25, 0.3) is 0 Å². The molecule has 0 bridgehead atoms. The average Bonchev–Trinajstić information content (AvgIpc) is 2.27. The number of primary amides is 1. The Morgan fingerprint density at radius 1 is 1.33 bits per heavy atom. The molecule has 0 unspecified atom stereocenters. The summed E-state index contributed by atoms with van der Waals surface area (Å²) in [5.41, 5.74) is 5.41. The summed E-state index contributed by atoms with van der Waals surface area (Å²) in [5, 5.41) is 0. The Bertz CT molecular complexity index is 375. The first kappa shape index (κ1) is 11.7. The van der Waals surface area contributed by atoms with Crippen LogP contribution >= 0.6 is 15.9 Å². The molecular weight excluding hydrogens is 262 g/mol. The second-order valence-electron chi connectivity index (χ2n) is 2.86. The first-order valence-corrected chi connectivity index (χ1v) is 5.09. The minimum absolute atomic E-state index is 0.356. The zero-order valence-electron chi connectivity index (χ0n) is 8.07. The quantitative estimate of drug-likeness (QED) is 0.507. The molecule has 1 atom stereocenters. The molecule has 0 radical (unpaired) electrons. The van der Waals surface area contributed by atoms with Crippen molar-refractivity contribution < 1.29 is 14.3 Å². The van der Waals surface area contributed by atoms with Gasteiger partial charge in [0.2, 0.25) is 5.91 Å². The molecular formula is C10H10BrNO3. The van der Waals surface area contributed by atoms with Gasteiger partial charge in [0.15, 0.2) is 10.6 Å². The van der Waals surface area contributed by atoms with Crippen molar-refractivity contribution in [1.29, 1.82) is 0 Å². The van der Waals surface area contributed by atoms with Crippen LogP contribution in [0.2, 0.25) is 0 Å². The number of hydrogen-bond acceptors (Lipinski definition) is 3. The second kappa shape index (κ2) is 4.93. The molecule has 0 fully saturated rings. The lowest BCUT2D eigenvalue weighted by atomic mass is 10.1. The number of methoxy groups -OCH3 is 1. The Balaban J connectivity index is 2.87. The first-order valence-electron chi connectivity index (χ1n) is 4.18. The average molecular weight is 272 g/mol. The fourth-order valence-corrected chi connectivity index (χ4v) is 1.30. The highest BCUT2D eigenvalue weighted by Gasteiger charge is 2.21. The third kappa shape index (κ3) is 2.79. The highest BCUT2D eigenvalue weighted by Crippen LogP contribution is 2.15. The zero-order valence-corrected chi connectivity index (χ0v) is 9.65. The van der Waals surface area contributed by atoms with Gasteiger partial charge < -0.3 is 10.5 Å². The predicted octanol–water partition coefficient (Wildman–Crippen LogP) is 1.13. The molecule has 0 saturated carbocycles. The molecule has 0 aliphatic heterocycles. The number of hydrogen-bond donors (Lipinski definition) is 1. The number of carbonyl (C=O) groups is 2. The number of carbonyl (C=O) groups excluding carboxylic acids is 2. The summed E-state index contributed by atoms with van der Waals surface area (Å²) in [6, 6.07) is 6.46. The van der Waals surface area contributed by atoms with Gasteiger partial charge in [-0.1, -0.05) is 15.9 Å². The molecule has 1 aromatic rings. The number of ether oxygens (including phenoxy) is 1. The Morgan fingerprint density at radius 3 is 2.27 bits per heavy atom. The van der Waals surface area contributed by atoms with Crippen LogP contribution < -0.4 is 10.5 Å². The summed E-state index contributed by atoms with van der Waals surface area (Å²) in [6.07, 6.45) is 0. The standard InChI is InChI=1S/C10H10BrNO3/c1-15-7-4-2-6(3-5-7)9(13)8(11)10(12)14/h2-5,8H,1H3,(H2,12,14)/t8-/m1/s1. The van der Waals surface area contributed by atoms with E-state index in [2.05, 4.69) is 15.9 Å². The number of benzene rings is 1. The van der Waals surface area contributed by atoms with Gasteiger partial charge in [0.05, 0.1) is 7.11 Å². The summed E-state index contributed by atoms with van der Waals surface area (Å²) in [4.78, 5) is 21.4. The largest absolute Gasteiger partial charge is 0.497 e. The van der Waals surface area contributed by atoms with Crippen molar-refractivity contribution in [3.05, 3.63) is 29.8 Å². The molecule has 2 N–H and O–H groups in total. The van der Waals surface area contributed by atoms with E-state index in [0.29, 0.717) is 11.3 Å². The van der Waals surface area contributed by atoms with Crippen molar-refractivity contribution in [2.45, 2.75) is 4.83 Å². The highest BCUT2D eigenvalue weighted by atomic mass is 79.9. The third-order valence-corrected chi connectivity index (χ3v) is 2.72. The van der Waals surface area contributed by atoms with E-state index in [9.17, 15) is 9.59 Å². The molecule has 5 heteroatoms. The Hall–Kier alpha value is -1.36. The van der Waals surface area contributed by atoms with Crippen LogP contribution in [0.3, 0.4) is 0 Å². The van der Waals surface area contributed by atoms with Crippen LogP contribution in [0, 0.1) is 0 Å². The molecule has 0 aliphatic rings. The minimum atomic E-state index is -0.981. The van der Waals surface area contributed by atoms with Crippen molar-refractivity contribution in [2.75, 3.05) is 7.11 Å². The van der Waals surface area contributed by atoms with Gasteiger partial charge >= 0.3 is 0 Å². The molecule has 1 amide bonds. The Morgan fingerprint density at radius 2 is 1.87 bits per heavy atom. The molecule has 1 rings (SSSR count). The van der Waals surface area contributed by atoms with Gasteiger partial charge in [0.25, 0.3) is 0 Å². The van der Waals surface area contributed by atoms with Crippen molar-refractivity contribution in [3.63, 3.8) is 0 Å². The summed E-state index contributed by atoms with van der Waals surface area (Å²) in [5.74, 6) is -0.405. The molecule has 0 heterocycles. The molecule has 4 nitrogen and oxygen atoms in total. The summed E-state index contributed by atoms with van der Waals surface area (Å²) in [6.45, 7) is 0. The smallest absolute Gasteiger partial charge is 0.239 e. The molecule has 0 aromatic heterocycles. The lowest BCUT2D eigenvalue weighted by Gasteiger charge is -2.05. The maximum Gasteiger partial charge on any atom is 0.239 e.